The van der Waals surface area contributed by atoms with Crippen molar-refractivity contribution in [1.82, 2.24) is 24.9 Å². The zero-order valence-electron chi connectivity index (χ0n) is 24.2. The summed E-state index contributed by atoms with van der Waals surface area (Å²) in [5.41, 5.74) is 4.10. The Morgan fingerprint density at radius 3 is 2.26 bits per heavy atom. The van der Waals surface area contributed by atoms with Gasteiger partial charge in [0.05, 0.1) is 11.4 Å². The number of likely N-dealkylation sites (tertiary alicyclic amines) is 1. The first kappa shape index (κ1) is 33.1. The van der Waals surface area contributed by atoms with Gasteiger partial charge in [-0.2, -0.15) is 5.10 Å². The summed E-state index contributed by atoms with van der Waals surface area (Å²) in [7, 11) is 0. The number of para-hydroxylation sites is 1. The number of aryl methyl sites for hydroxylation is 1. The lowest BCUT2D eigenvalue weighted by Gasteiger charge is -2.52. The van der Waals surface area contributed by atoms with Gasteiger partial charge in [-0.15, -0.1) is 24.8 Å². The summed E-state index contributed by atoms with van der Waals surface area (Å²) >= 11 is 0. The Morgan fingerprint density at radius 2 is 1.69 bits per heavy atom. The maximum Gasteiger partial charge on any atom is 0.246 e. The van der Waals surface area contributed by atoms with Crippen LogP contribution in [0.2, 0.25) is 0 Å². The van der Waals surface area contributed by atoms with E-state index in [-0.39, 0.29) is 36.6 Å². The van der Waals surface area contributed by atoms with Crippen LogP contribution in [0.25, 0.3) is 5.69 Å². The van der Waals surface area contributed by atoms with Crippen LogP contribution in [-0.2, 0) is 29.0 Å². The monoisotopic (exact) mass is 579 g/mol. The van der Waals surface area contributed by atoms with Crippen molar-refractivity contribution in [3.05, 3.63) is 47.3 Å². The normalized spacial score (nSPS) is 19.1. The van der Waals surface area contributed by atoms with Gasteiger partial charge in [0.1, 0.15) is 11.6 Å². The third-order valence-electron chi connectivity index (χ3n) is 8.16. The van der Waals surface area contributed by atoms with Crippen molar-refractivity contribution in [1.29, 1.82) is 0 Å². The number of benzene rings is 1. The summed E-state index contributed by atoms with van der Waals surface area (Å²) in [6, 6.07) is 9.96. The Balaban J connectivity index is 0.00000267. The molecule has 0 bridgehead atoms. The zero-order valence-corrected chi connectivity index (χ0v) is 25.9. The number of carbonyl (C=O) groups excluding carboxylic acids is 2. The smallest absolute Gasteiger partial charge is 0.246 e. The minimum Gasteiger partial charge on any atom is -0.342 e. The SMILES string of the molecule is CCCCN1C(=O)C(CC(C)C)NC(=O)C12CCN(Cc1c(CC)nn(-c3ccccc3)c1CC)CC2.Cl.Cl. The molecule has 218 valence electrons. The van der Waals surface area contributed by atoms with Crippen molar-refractivity contribution in [3.63, 3.8) is 0 Å². The van der Waals surface area contributed by atoms with Gasteiger partial charge in [-0.1, -0.05) is 59.2 Å². The maximum absolute atomic E-state index is 13.6. The molecule has 1 unspecified atom stereocenters. The summed E-state index contributed by atoms with van der Waals surface area (Å²) in [5.74, 6) is 0.519. The molecule has 1 spiro atoms. The number of nitrogens with zero attached hydrogens (tertiary/aromatic N) is 4. The predicted octanol–water partition coefficient (Wildman–Crippen LogP) is 5.35. The molecule has 39 heavy (non-hydrogen) atoms. The van der Waals surface area contributed by atoms with Crippen molar-refractivity contribution in [2.45, 2.75) is 97.7 Å². The summed E-state index contributed by atoms with van der Waals surface area (Å²) in [6.45, 7) is 13.8. The molecule has 1 atom stereocenters. The maximum atomic E-state index is 13.6. The molecule has 3 heterocycles. The fourth-order valence-electron chi connectivity index (χ4n) is 6.10. The number of carbonyl (C=O) groups is 2. The van der Waals surface area contributed by atoms with Gasteiger partial charge in [0.2, 0.25) is 11.8 Å². The minimum absolute atomic E-state index is 0. The Bertz CT molecular complexity index is 1080. The number of hydrogen-bond acceptors (Lipinski definition) is 4. The fraction of sp³-hybridized carbons (Fsp3) is 0.633. The van der Waals surface area contributed by atoms with Gasteiger partial charge < -0.3 is 10.2 Å². The van der Waals surface area contributed by atoms with E-state index in [1.807, 2.05) is 11.0 Å². The first-order chi connectivity index (χ1) is 17.8. The summed E-state index contributed by atoms with van der Waals surface area (Å²) in [4.78, 5) is 31.5. The molecule has 0 saturated carbocycles. The van der Waals surface area contributed by atoms with E-state index in [1.54, 1.807) is 0 Å². The molecule has 2 saturated heterocycles. The molecular formula is C30H47Cl2N5O2. The Kier molecular flexibility index (Phi) is 12.3. The Labute approximate surface area is 246 Å². The second-order valence-corrected chi connectivity index (χ2v) is 11.1. The van der Waals surface area contributed by atoms with E-state index in [2.05, 4.69) is 73.8 Å². The molecular weight excluding hydrogens is 533 g/mol. The molecule has 2 fully saturated rings. The number of amides is 2. The molecule has 1 aromatic heterocycles. The van der Waals surface area contributed by atoms with Crippen LogP contribution in [0.1, 0.15) is 83.7 Å². The molecule has 2 amide bonds. The van der Waals surface area contributed by atoms with Crippen molar-refractivity contribution in [2.75, 3.05) is 19.6 Å². The van der Waals surface area contributed by atoms with E-state index >= 15 is 0 Å². The lowest BCUT2D eigenvalue weighted by molar-refractivity contribution is -0.161. The number of halogens is 2. The summed E-state index contributed by atoms with van der Waals surface area (Å²) < 4.78 is 2.11. The van der Waals surface area contributed by atoms with Gasteiger partial charge >= 0.3 is 0 Å². The quantitative estimate of drug-likeness (QED) is 0.412. The molecule has 0 aliphatic carbocycles. The number of aromatic nitrogens is 2. The molecule has 0 radical (unpaired) electrons. The highest BCUT2D eigenvalue weighted by atomic mass is 35.5. The Morgan fingerprint density at radius 1 is 1.03 bits per heavy atom. The van der Waals surface area contributed by atoms with Gasteiger partial charge in [0, 0.05) is 37.4 Å². The lowest BCUT2D eigenvalue weighted by Crippen LogP contribution is -2.73. The van der Waals surface area contributed by atoms with Crippen LogP contribution in [0, 0.1) is 5.92 Å². The van der Waals surface area contributed by atoms with E-state index < -0.39 is 11.6 Å². The number of unbranched alkanes of at least 4 members (excludes halogenated alkanes) is 1. The third kappa shape index (κ3) is 6.80. The summed E-state index contributed by atoms with van der Waals surface area (Å²) in [5, 5.41) is 8.12. The van der Waals surface area contributed by atoms with Crippen LogP contribution in [-0.4, -0.2) is 62.6 Å². The molecule has 1 N–H and O–H groups in total. The molecule has 1 aromatic carbocycles. The predicted molar refractivity (Wildman–Crippen MR) is 162 cm³/mol. The topological polar surface area (TPSA) is 70.5 Å². The van der Waals surface area contributed by atoms with Gasteiger partial charge in [-0.3, -0.25) is 14.5 Å². The number of nitrogens with one attached hydrogen (secondary N) is 1. The molecule has 7 nitrogen and oxygen atoms in total. The van der Waals surface area contributed by atoms with Crippen molar-refractivity contribution >= 4 is 36.6 Å². The van der Waals surface area contributed by atoms with Gasteiger partial charge in [0.25, 0.3) is 0 Å². The van der Waals surface area contributed by atoms with Crippen molar-refractivity contribution in [3.8, 4) is 5.69 Å². The number of piperazine rings is 1. The van der Waals surface area contributed by atoms with Gasteiger partial charge in [-0.05, 0) is 56.6 Å². The molecule has 2 aliphatic rings. The number of rotatable bonds is 10. The largest absolute Gasteiger partial charge is 0.342 e. The number of hydrogen-bond donors (Lipinski definition) is 1. The fourth-order valence-corrected chi connectivity index (χ4v) is 6.10. The van der Waals surface area contributed by atoms with Crippen LogP contribution in [0.4, 0.5) is 0 Å². The third-order valence-corrected chi connectivity index (χ3v) is 8.16. The molecule has 2 aliphatic heterocycles. The lowest BCUT2D eigenvalue weighted by atomic mass is 9.80. The van der Waals surface area contributed by atoms with Crippen LogP contribution in [0.5, 0.6) is 0 Å². The van der Waals surface area contributed by atoms with E-state index in [1.165, 1.54) is 11.3 Å². The number of piperidine rings is 1. The van der Waals surface area contributed by atoms with Gasteiger partial charge in [-0.25, -0.2) is 4.68 Å². The second-order valence-electron chi connectivity index (χ2n) is 11.1. The Hall–Kier alpha value is -2.09. The van der Waals surface area contributed by atoms with E-state index in [9.17, 15) is 9.59 Å². The average molecular weight is 581 g/mol. The van der Waals surface area contributed by atoms with Crippen LogP contribution in [0.3, 0.4) is 0 Å². The van der Waals surface area contributed by atoms with E-state index in [0.717, 1.165) is 56.7 Å². The van der Waals surface area contributed by atoms with Gasteiger partial charge in [0.15, 0.2) is 0 Å². The van der Waals surface area contributed by atoms with Crippen molar-refractivity contribution < 1.29 is 9.59 Å². The first-order valence-corrected chi connectivity index (χ1v) is 14.3. The highest BCUT2D eigenvalue weighted by Crippen LogP contribution is 2.35. The summed E-state index contributed by atoms with van der Waals surface area (Å²) in [6.07, 6.45) is 5.79. The zero-order chi connectivity index (χ0) is 26.6. The highest BCUT2D eigenvalue weighted by Gasteiger charge is 2.53. The molecule has 9 heteroatoms. The molecule has 4 rings (SSSR count). The first-order valence-electron chi connectivity index (χ1n) is 14.3. The molecule has 2 aromatic rings. The second kappa shape index (κ2) is 14.5. The standard InChI is InChI=1S/C30H45N5O2.2ClH/c1-6-9-17-34-28(36)26(20-22(4)5)31-29(37)30(34)15-18-33(19-16-30)21-24-25(7-2)32-35(27(24)8-3)23-13-11-10-12-14-23;;/h10-14,22,26H,6-9,15-21H2,1-5H3,(H,31,37);2*1H. The van der Waals surface area contributed by atoms with E-state index in [4.69, 9.17) is 5.10 Å². The van der Waals surface area contributed by atoms with Crippen LogP contribution >= 0.6 is 24.8 Å². The van der Waals surface area contributed by atoms with E-state index in [0.29, 0.717) is 31.7 Å². The van der Waals surface area contributed by atoms with Crippen molar-refractivity contribution in [2.24, 2.45) is 5.92 Å². The average Bonchev–Trinajstić information content (AvgIpc) is 3.26. The highest BCUT2D eigenvalue weighted by molar-refractivity contribution is 6.00. The minimum atomic E-state index is -0.717. The van der Waals surface area contributed by atoms with Crippen LogP contribution in [0.15, 0.2) is 30.3 Å². The van der Waals surface area contributed by atoms with Crippen LogP contribution < -0.4 is 5.32 Å².